The van der Waals surface area contributed by atoms with Crippen molar-refractivity contribution in [1.82, 2.24) is 5.32 Å². The van der Waals surface area contributed by atoms with Gasteiger partial charge in [0, 0.05) is 29.4 Å². The molecule has 104 valence electrons. The van der Waals surface area contributed by atoms with Crippen LogP contribution in [-0.2, 0) is 6.54 Å². The summed E-state index contributed by atoms with van der Waals surface area (Å²) >= 11 is 7.97. The molecule has 19 heavy (non-hydrogen) atoms. The van der Waals surface area contributed by atoms with Crippen molar-refractivity contribution in [1.29, 1.82) is 0 Å². The van der Waals surface area contributed by atoms with E-state index in [1.807, 2.05) is 18.2 Å². The van der Waals surface area contributed by atoms with Gasteiger partial charge in [0.15, 0.2) is 5.17 Å². The summed E-state index contributed by atoms with van der Waals surface area (Å²) < 4.78 is 5.33. The first-order valence-electron chi connectivity index (χ1n) is 6.24. The summed E-state index contributed by atoms with van der Waals surface area (Å²) in [6.45, 7) is 5.96. The normalized spacial score (nSPS) is 17.8. The number of ether oxygens (including phenoxy) is 1. The first-order chi connectivity index (χ1) is 9.02. The van der Waals surface area contributed by atoms with Crippen molar-refractivity contribution in [2.45, 2.75) is 20.4 Å². The van der Waals surface area contributed by atoms with E-state index in [0.717, 1.165) is 28.8 Å². The monoisotopic (exact) mass is 298 g/mol. The highest BCUT2D eigenvalue weighted by Gasteiger charge is 2.23. The molecule has 0 fully saturated rings. The molecule has 2 rings (SSSR count). The van der Waals surface area contributed by atoms with Gasteiger partial charge >= 0.3 is 0 Å². The zero-order chi connectivity index (χ0) is 13.9. The van der Waals surface area contributed by atoms with Crippen LogP contribution in [0.1, 0.15) is 19.4 Å². The summed E-state index contributed by atoms with van der Waals surface area (Å²) in [5.41, 5.74) is 1.26. The molecule has 5 heteroatoms. The molecule has 1 heterocycles. The smallest absolute Gasteiger partial charge is 0.156 e. The van der Waals surface area contributed by atoms with E-state index in [2.05, 4.69) is 24.2 Å². The maximum Gasteiger partial charge on any atom is 0.156 e. The standard InChI is InChI=1S/C14H19ClN2OS/c1-14(2)8-17-13(19-9-14)16-7-10-11(15)5-4-6-12(10)18-3/h4-6H,7-9H2,1-3H3,(H,16,17). The lowest BCUT2D eigenvalue weighted by atomic mass is 9.97. The van der Waals surface area contributed by atoms with Gasteiger partial charge in [0.05, 0.1) is 7.11 Å². The Morgan fingerprint density at radius 1 is 1.47 bits per heavy atom. The molecule has 0 atom stereocenters. The molecule has 0 saturated heterocycles. The lowest BCUT2D eigenvalue weighted by Gasteiger charge is -2.27. The zero-order valence-electron chi connectivity index (χ0n) is 11.5. The third kappa shape index (κ3) is 3.80. The van der Waals surface area contributed by atoms with Crippen LogP contribution in [-0.4, -0.2) is 24.6 Å². The number of amidine groups is 1. The molecule has 1 aliphatic rings. The number of halogens is 1. The highest BCUT2D eigenvalue weighted by atomic mass is 35.5. The van der Waals surface area contributed by atoms with E-state index in [4.69, 9.17) is 16.3 Å². The van der Waals surface area contributed by atoms with Crippen molar-refractivity contribution in [3.05, 3.63) is 28.8 Å². The predicted octanol–water partition coefficient (Wildman–Crippen LogP) is 3.57. The summed E-state index contributed by atoms with van der Waals surface area (Å²) in [6, 6.07) is 5.68. The SMILES string of the molecule is COc1cccc(Cl)c1CNC1=NCC(C)(C)CS1. The lowest BCUT2D eigenvalue weighted by Crippen LogP contribution is -2.31. The van der Waals surface area contributed by atoms with Crippen LogP contribution in [0.15, 0.2) is 23.2 Å². The summed E-state index contributed by atoms with van der Waals surface area (Å²) in [4.78, 5) is 4.57. The van der Waals surface area contributed by atoms with Crippen molar-refractivity contribution in [2.75, 3.05) is 19.4 Å². The summed E-state index contributed by atoms with van der Waals surface area (Å²) in [5.74, 6) is 1.89. The number of thioether (sulfide) groups is 1. The molecule has 0 amide bonds. The molecule has 1 aromatic carbocycles. The van der Waals surface area contributed by atoms with Gasteiger partial charge in [-0.15, -0.1) is 0 Å². The van der Waals surface area contributed by atoms with E-state index in [-0.39, 0.29) is 5.41 Å². The number of aliphatic imine (C=N–C) groups is 1. The van der Waals surface area contributed by atoms with E-state index < -0.39 is 0 Å². The minimum atomic E-state index is 0.290. The second-order valence-corrected chi connectivity index (χ2v) is 6.72. The van der Waals surface area contributed by atoms with Gasteiger partial charge in [-0.05, 0) is 17.5 Å². The first-order valence-corrected chi connectivity index (χ1v) is 7.61. The number of rotatable bonds is 3. The van der Waals surface area contributed by atoms with E-state index in [1.165, 1.54) is 0 Å². The van der Waals surface area contributed by atoms with Crippen LogP contribution >= 0.6 is 23.4 Å². The number of benzene rings is 1. The van der Waals surface area contributed by atoms with Crippen LogP contribution in [0.25, 0.3) is 0 Å². The number of nitrogens with one attached hydrogen (secondary N) is 1. The summed E-state index contributed by atoms with van der Waals surface area (Å²) in [7, 11) is 1.66. The summed E-state index contributed by atoms with van der Waals surface area (Å²) in [6.07, 6.45) is 0. The van der Waals surface area contributed by atoms with Gasteiger partial charge in [0.1, 0.15) is 5.75 Å². The molecule has 0 unspecified atom stereocenters. The van der Waals surface area contributed by atoms with Crippen molar-refractivity contribution in [3.63, 3.8) is 0 Å². The van der Waals surface area contributed by atoms with Gasteiger partial charge in [-0.3, -0.25) is 4.99 Å². The third-order valence-electron chi connectivity index (χ3n) is 2.96. The Bertz CT molecular complexity index is 488. The molecule has 0 spiro atoms. The molecule has 0 saturated carbocycles. The van der Waals surface area contributed by atoms with Gasteiger partial charge in [0.2, 0.25) is 0 Å². The molecule has 0 radical (unpaired) electrons. The fourth-order valence-corrected chi connectivity index (χ4v) is 2.99. The molecule has 1 aromatic rings. The van der Waals surface area contributed by atoms with Gasteiger partial charge < -0.3 is 10.1 Å². The van der Waals surface area contributed by atoms with Crippen LogP contribution < -0.4 is 10.1 Å². The van der Waals surface area contributed by atoms with Crippen molar-refractivity contribution in [2.24, 2.45) is 10.4 Å². The Kier molecular flexibility index (Phi) is 4.63. The van der Waals surface area contributed by atoms with Crippen LogP contribution in [0, 0.1) is 5.41 Å². The number of hydrogen-bond donors (Lipinski definition) is 1. The Balaban J connectivity index is 2.02. The highest BCUT2D eigenvalue weighted by Crippen LogP contribution is 2.29. The van der Waals surface area contributed by atoms with Crippen molar-refractivity contribution in [3.8, 4) is 5.75 Å². The molecule has 1 aliphatic heterocycles. The quantitative estimate of drug-likeness (QED) is 0.926. The Morgan fingerprint density at radius 2 is 2.26 bits per heavy atom. The third-order valence-corrected chi connectivity index (χ3v) is 4.79. The summed E-state index contributed by atoms with van der Waals surface area (Å²) in [5, 5.41) is 5.04. The van der Waals surface area contributed by atoms with Crippen LogP contribution in [0.5, 0.6) is 5.75 Å². The van der Waals surface area contributed by atoms with Crippen molar-refractivity contribution < 1.29 is 4.74 Å². The minimum absolute atomic E-state index is 0.290. The molecular formula is C14H19ClN2OS. The van der Waals surface area contributed by atoms with Crippen LogP contribution in [0.3, 0.4) is 0 Å². The number of hydrogen-bond acceptors (Lipinski definition) is 4. The van der Waals surface area contributed by atoms with Crippen molar-refractivity contribution >= 4 is 28.5 Å². The number of methoxy groups -OCH3 is 1. The van der Waals surface area contributed by atoms with Crippen LogP contribution in [0.4, 0.5) is 0 Å². The highest BCUT2D eigenvalue weighted by molar-refractivity contribution is 8.13. The largest absolute Gasteiger partial charge is 0.496 e. The van der Waals surface area contributed by atoms with E-state index in [0.29, 0.717) is 11.6 Å². The zero-order valence-corrected chi connectivity index (χ0v) is 13.1. The van der Waals surface area contributed by atoms with Gasteiger partial charge in [-0.1, -0.05) is 43.3 Å². The molecule has 1 N–H and O–H groups in total. The van der Waals surface area contributed by atoms with Gasteiger partial charge in [-0.2, -0.15) is 0 Å². The average molecular weight is 299 g/mol. The molecule has 0 aliphatic carbocycles. The van der Waals surface area contributed by atoms with E-state index in [1.54, 1.807) is 18.9 Å². The van der Waals surface area contributed by atoms with E-state index >= 15 is 0 Å². The Morgan fingerprint density at radius 3 is 2.89 bits per heavy atom. The first kappa shape index (κ1) is 14.5. The predicted molar refractivity (Wildman–Crippen MR) is 83.4 cm³/mol. The fraction of sp³-hybridized carbons (Fsp3) is 0.500. The van der Waals surface area contributed by atoms with Gasteiger partial charge in [-0.25, -0.2) is 0 Å². The average Bonchev–Trinajstić information content (AvgIpc) is 2.38. The van der Waals surface area contributed by atoms with E-state index in [9.17, 15) is 0 Å². The molecule has 3 nitrogen and oxygen atoms in total. The Labute approximate surface area is 123 Å². The molecule has 0 aromatic heterocycles. The van der Waals surface area contributed by atoms with Crippen LogP contribution in [0.2, 0.25) is 5.02 Å². The maximum atomic E-state index is 6.20. The fourth-order valence-electron chi connectivity index (χ4n) is 1.81. The maximum absolute atomic E-state index is 6.20. The minimum Gasteiger partial charge on any atom is -0.496 e. The lowest BCUT2D eigenvalue weighted by molar-refractivity contribution is 0.409. The Hall–Kier alpha value is -0.870. The number of nitrogens with zero attached hydrogens (tertiary/aromatic N) is 1. The van der Waals surface area contributed by atoms with Gasteiger partial charge in [0.25, 0.3) is 0 Å². The second-order valence-electron chi connectivity index (χ2n) is 5.35. The molecule has 0 bridgehead atoms. The second kappa shape index (κ2) is 6.06. The topological polar surface area (TPSA) is 33.6 Å². The molecular weight excluding hydrogens is 280 g/mol.